The SMILES string of the molecule is CC(C)C1=CC2C(=O)NC(=O)C2(S(=O)(=O)O)C=C1. The van der Waals surface area contributed by atoms with E-state index in [1.54, 1.807) is 0 Å². The molecule has 2 amide bonds. The summed E-state index contributed by atoms with van der Waals surface area (Å²) in [6, 6.07) is 0. The van der Waals surface area contributed by atoms with Gasteiger partial charge in [0.25, 0.3) is 16.0 Å². The molecule has 2 rings (SSSR count). The molecule has 2 aliphatic rings. The summed E-state index contributed by atoms with van der Waals surface area (Å²) in [4.78, 5) is 23.4. The summed E-state index contributed by atoms with van der Waals surface area (Å²) < 4.78 is 30.1. The summed E-state index contributed by atoms with van der Waals surface area (Å²) in [7, 11) is -4.72. The van der Waals surface area contributed by atoms with E-state index in [0.29, 0.717) is 0 Å². The standard InChI is InChI=1S/C11H13NO5S/c1-6(2)7-3-4-11(18(15,16)17)8(5-7)9(13)12-10(11)14/h3-6,8H,1-2H3,(H,12,13,14)(H,15,16,17). The molecule has 0 aromatic heterocycles. The largest absolute Gasteiger partial charge is 0.294 e. The fraction of sp³-hybridized carbons (Fsp3) is 0.455. The first-order chi connectivity index (χ1) is 8.20. The van der Waals surface area contributed by atoms with Crippen LogP contribution in [-0.2, 0) is 19.7 Å². The molecule has 0 saturated carbocycles. The van der Waals surface area contributed by atoms with E-state index in [-0.39, 0.29) is 5.92 Å². The summed E-state index contributed by atoms with van der Waals surface area (Å²) in [5.41, 5.74) is 0.754. The Hall–Kier alpha value is -1.47. The van der Waals surface area contributed by atoms with Crippen molar-refractivity contribution in [3.05, 3.63) is 23.8 Å². The third-order valence-corrected chi connectivity index (χ3v) is 4.74. The summed E-state index contributed by atoms with van der Waals surface area (Å²) in [5.74, 6) is -2.83. The molecule has 0 aromatic carbocycles. The molecule has 6 nitrogen and oxygen atoms in total. The molecule has 2 unspecified atom stereocenters. The van der Waals surface area contributed by atoms with Crippen molar-refractivity contribution in [3.63, 3.8) is 0 Å². The van der Waals surface area contributed by atoms with Gasteiger partial charge < -0.3 is 0 Å². The number of imide groups is 1. The van der Waals surface area contributed by atoms with Crippen molar-refractivity contribution in [2.24, 2.45) is 11.8 Å². The molecule has 1 aliphatic carbocycles. The van der Waals surface area contributed by atoms with Crippen LogP contribution in [0.25, 0.3) is 0 Å². The van der Waals surface area contributed by atoms with E-state index in [9.17, 15) is 22.6 Å². The second-order valence-corrected chi connectivity index (χ2v) is 6.34. The van der Waals surface area contributed by atoms with Gasteiger partial charge in [-0.05, 0) is 11.5 Å². The lowest BCUT2D eigenvalue weighted by Crippen LogP contribution is -2.48. The highest BCUT2D eigenvalue weighted by atomic mass is 32.2. The fourth-order valence-electron chi connectivity index (χ4n) is 2.22. The Morgan fingerprint density at radius 1 is 1.39 bits per heavy atom. The number of hydrogen-bond acceptors (Lipinski definition) is 4. The van der Waals surface area contributed by atoms with Crippen molar-refractivity contribution < 1.29 is 22.6 Å². The number of allylic oxidation sites excluding steroid dienone is 2. The Morgan fingerprint density at radius 2 is 2.00 bits per heavy atom. The van der Waals surface area contributed by atoms with Gasteiger partial charge in [0.15, 0.2) is 0 Å². The van der Waals surface area contributed by atoms with E-state index in [1.165, 1.54) is 12.2 Å². The van der Waals surface area contributed by atoms with Crippen molar-refractivity contribution in [2.75, 3.05) is 0 Å². The maximum atomic E-state index is 11.7. The molecule has 1 saturated heterocycles. The zero-order valence-electron chi connectivity index (χ0n) is 9.88. The van der Waals surface area contributed by atoms with Gasteiger partial charge in [0.05, 0.1) is 5.92 Å². The highest BCUT2D eigenvalue weighted by molar-refractivity contribution is 7.88. The number of nitrogens with one attached hydrogen (secondary N) is 1. The lowest BCUT2D eigenvalue weighted by atomic mass is 9.84. The van der Waals surface area contributed by atoms with Crippen LogP contribution in [-0.4, -0.2) is 29.5 Å². The summed E-state index contributed by atoms with van der Waals surface area (Å²) in [6.07, 6.45) is 3.99. The van der Waals surface area contributed by atoms with Gasteiger partial charge in [0, 0.05) is 0 Å². The molecule has 1 aliphatic heterocycles. The maximum Gasteiger partial charge on any atom is 0.284 e. The fourth-order valence-corrected chi connectivity index (χ4v) is 3.24. The third kappa shape index (κ3) is 1.54. The Balaban J connectivity index is 2.63. The van der Waals surface area contributed by atoms with Gasteiger partial charge in [-0.25, -0.2) is 0 Å². The van der Waals surface area contributed by atoms with Gasteiger partial charge >= 0.3 is 0 Å². The predicted molar refractivity (Wildman–Crippen MR) is 63.0 cm³/mol. The number of rotatable bonds is 2. The van der Waals surface area contributed by atoms with Crippen LogP contribution in [0.15, 0.2) is 23.8 Å². The Labute approximate surface area is 104 Å². The highest BCUT2D eigenvalue weighted by Gasteiger charge is 2.62. The lowest BCUT2D eigenvalue weighted by Gasteiger charge is -2.27. The van der Waals surface area contributed by atoms with Crippen molar-refractivity contribution in [1.82, 2.24) is 5.32 Å². The molecule has 1 fully saturated rings. The average molecular weight is 271 g/mol. The Bertz CT molecular complexity index is 587. The van der Waals surface area contributed by atoms with Crippen LogP contribution in [0.4, 0.5) is 0 Å². The molecule has 0 radical (unpaired) electrons. The zero-order valence-corrected chi connectivity index (χ0v) is 10.7. The predicted octanol–water partition coefficient (Wildman–Crippen LogP) is 0.0378. The smallest absolute Gasteiger partial charge is 0.284 e. The maximum absolute atomic E-state index is 11.7. The van der Waals surface area contributed by atoms with Crippen LogP contribution in [0.3, 0.4) is 0 Å². The van der Waals surface area contributed by atoms with Crippen LogP contribution >= 0.6 is 0 Å². The lowest BCUT2D eigenvalue weighted by molar-refractivity contribution is -0.125. The monoisotopic (exact) mass is 271 g/mol. The van der Waals surface area contributed by atoms with Crippen molar-refractivity contribution in [1.29, 1.82) is 0 Å². The molecule has 2 N–H and O–H groups in total. The Morgan fingerprint density at radius 3 is 2.50 bits per heavy atom. The number of carbonyl (C=O) groups is 2. The van der Waals surface area contributed by atoms with E-state index in [1.807, 2.05) is 19.2 Å². The minimum atomic E-state index is -4.72. The van der Waals surface area contributed by atoms with Crippen LogP contribution in [0.5, 0.6) is 0 Å². The third-order valence-electron chi connectivity index (χ3n) is 3.31. The van der Waals surface area contributed by atoms with Gasteiger partial charge in [-0.2, -0.15) is 8.42 Å². The van der Waals surface area contributed by atoms with Gasteiger partial charge in [-0.15, -0.1) is 0 Å². The molecule has 18 heavy (non-hydrogen) atoms. The first kappa shape index (κ1) is 13.0. The molecule has 0 spiro atoms. The molecular formula is C11H13NO5S. The van der Waals surface area contributed by atoms with Gasteiger partial charge in [-0.3, -0.25) is 19.5 Å². The molecule has 1 heterocycles. The number of carbonyl (C=O) groups excluding carboxylic acids is 2. The molecule has 98 valence electrons. The van der Waals surface area contributed by atoms with E-state index in [0.717, 1.165) is 11.6 Å². The van der Waals surface area contributed by atoms with Crippen LogP contribution < -0.4 is 5.32 Å². The van der Waals surface area contributed by atoms with Crippen LogP contribution in [0.1, 0.15) is 13.8 Å². The highest BCUT2D eigenvalue weighted by Crippen LogP contribution is 2.39. The minimum Gasteiger partial charge on any atom is -0.294 e. The molecule has 0 bridgehead atoms. The minimum absolute atomic E-state index is 0.0872. The van der Waals surface area contributed by atoms with E-state index < -0.39 is 32.6 Å². The van der Waals surface area contributed by atoms with Gasteiger partial charge in [-0.1, -0.05) is 32.1 Å². The van der Waals surface area contributed by atoms with Gasteiger partial charge in [0.2, 0.25) is 10.7 Å². The van der Waals surface area contributed by atoms with Crippen molar-refractivity contribution >= 4 is 21.9 Å². The normalized spacial score (nSPS) is 31.3. The van der Waals surface area contributed by atoms with Crippen LogP contribution in [0, 0.1) is 11.8 Å². The van der Waals surface area contributed by atoms with Crippen molar-refractivity contribution in [2.45, 2.75) is 18.6 Å². The van der Waals surface area contributed by atoms with Gasteiger partial charge in [0.1, 0.15) is 0 Å². The molecular weight excluding hydrogens is 258 g/mol. The summed E-state index contributed by atoms with van der Waals surface area (Å²) in [6.45, 7) is 3.76. The molecule has 7 heteroatoms. The van der Waals surface area contributed by atoms with Crippen LogP contribution in [0.2, 0.25) is 0 Å². The quantitative estimate of drug-likeness (QED) is 0.545. The van der Waals surface area contributed by atoms with Crippen molar-refractivity contribution in [3.8, 4) is 0 Å². The summed E-state index contributed by atoms with van der Waals surface area (Å²) >= 11 is 0. The van der Waals surface area contributed by atoms with E-state index in [2.05, 4.69) is 0 Å². The number of fused-ring (bicyclic) bond motifs is 1. The zero-order chi connectivity index (χ0) is 13.7. The van der Waals surface area contributed by atoms with E-state index in [4.69, 9.17) is 0 Å². The topological polar surface area (TPSA) is 101 Å². The first-order valence-corrected chi connectivity index (χ1v) is 6.87. The number of hydrogen-bond donors (Lipinski definition) is 2. The van der Waals surface area contributed by atoms with E-state index >= 15 is 0 Å². The summed E-state index contributed by atoms with van der Waals surface area (Å²) in [5, 5.41) is 1.95. The average Bonchev–Trinajstić information content (AvgIpc) is 2.51. The second-order valence-electron chi connectivity index (χ2n) is 4.72. The molecule has 0 aromatic rings. The number of amides is 2. The molecule has 2 atom stereocenters. The second kappa shape index (κ2) is 3.76. The first-order valence-electron chi connectivity index (χ1n) is 5.43. The Kier molecular flexibility index (Phi) is 2.71.